The van der Waals surface area contributed by atoms with Gasteiger partial charge in [-0.25, -0.2) is 8.42 Å². The van der Waals surface area contributed by atoms with E-state index in [0.717, 1.165) is 5.56 Å². The van der Waals surface area contributed by atoms with Crippen molar-refractivity contribution in [2.24, 2.45) is 7.05 Å². The number of para-hydroxylation sites is 1. The summed E-state index contributed by atoms with van der Waals surface area (Å²) >= 11 is 5.95. The van der Waals surface area contributed by atoms with E-state index >= 15 is 0 Å². The predicted octanol–water partition coefficient (Wildman–Crippen LogP) is 1.87. The zero-order valence-electron chi connectivity index (χ0n) is 11.8. The van der Waals surface area contributed by atoms with Gasteiger partial charge in [-0.1, -0.05) is 36.7 Å². The van der Waals surface area contributed by atoms with E-state index in [-0.39, 0.29) is 16.6 Å². The Balaban J connectivity index is 2.40. The first-order valence-electron chi connectivity index (χ1n) is 6.39. The maximum atomic E-state index is 12.7. The number of aryl methyl sites for hydroxylation is 1. The van der Waals surface area contributed by atoms with E-state index in [0.29, 0.717) is 12.2 Å². The average Bonchev–Trinajstić information content (AvgIpc) is 2.77. The second kappa shape index (κ2) is 6.05. The Morgan fingerprint density at radius 2 is 2.05 bits per heavy atom. The molecular formula is C13H17ClN4O2S. The molecule has 0 unspecified atom stereocenters. The summed E-state index contributed by atoms with van der Waals surface area (Å²) in [6.45, 7) is 2.26. The number of anilines is 1. The molecule has 6 nitrogen and oxygen atoms in total. The van der Waals surface area contributed by atoms with Crippen LogP contribution in [0.1, 0.15) is 12.5 Å². The van der Waals surface area contributed by atoms with Crippen LogP contribution in [0, 0.1) is 0 Å². The zero-order valence-corrected chi connectivity index (χ0v) is 13.4. The van der Waals surface area contributed by atoms with Crippen molar-refractivity contribution in [2.45, 2.75) is 18.5 Å². The highest BCUT2D eigenvalue weighted by Crippen LogP contribution is 2.25. The first kappa shape index (κ1) is 15.8. The summed E-state index contributed by atoms with van der Waals surface area (Å²) in [5, 5.41) is 3.97. The first-order valence-corrected chi connectivity index (χ1v) is 8.20. The molecule has 8 heteroatoms. The Kier molecular flexibility index (Phi) is 4.55. The minimum atomic E-state index is -3.74. The van der Waals surface area contributed by atoms with E-state index in [1.54, 1.807) is 26.1 Å². The molecule has 0 saturated carbocycles. The SMILES string of the molecule is CCN(Cc1ccccc1N)S(=O)(=O)c1c(Cl)cnn1C. The van der Waals surface area contributed by atoms with Crippen LogP contribution in [-0.2, 0) is 23.6 Å². The van der Waals surface area contributed by atoms with Gasteiger partial charge < -0.3 is 5.73 Å². The summed E-state index contributed by atoms with van der Waals surface area (Å²) in [6, 6.07) is 7.18. The van der Waals surface area contributed by atoms with Crippen molar-refractivity contribution in [1.82, 2.24) is 14.1 Å². The van der Waals surface area contributed by atoms with Crippen molar-refractivity contribution in [3.8, 4) is 0 Å². The lowest BCUT2D eigenvalue weighted by molar-refractivity contribution is 0.417. The van der Waals surface area contributed by atoms with Crippen LogP contribution >= 0.6 is 11.6 Å². The van der Waals surface area contributed by atoms with Gasteiger partial charge >= 0.3 is 0 Å². The fraction of sp³-hybridized carbons (Fsp3) is 0.308. The number of halogens is 1. The van der Waals surface area contributed by atoms with Crippen LogP contribution in [0.15, 0.2) is 35.5 Å². The van der Waals surface area contributed by atoms with Gasteiger partial charge in [0, 0.05) is 25.8 Å². The maximum absolute atomic E-state index is 12.7. The number of nitrogen functional groups attached to an aromatic ring is 1. The molecule has 0 aliphatic rings. The van der Waals surface area contributed by atoms with Crippen LogP contribution in [0.2, 0.25) is 5.02 Å². The van der Waals surface area contributed by atoms with Gasteiger partial charge in [-0.3, -0.25) is 4.68 Å². The van der Waals surface area contributed by atoms with Gasteiger partial charge in [-0.05, 0) is 11.6 Å². The van der Waals surface area contributed by atoms with Crippen molar-refractivity contribution in [1.29, 1.82) is 0 Å². The number of nitrogens with two attached hydrogens (primary N) is 1. The second-order valence-corrected chi connectivity index (χ2v) is 6.81. The number of aromatic nitrogens is 2. The summed E-state index contributed by atoms with van der Waals surface area (Å²) in [5.74, 6) is 0. The molecule has 0 spiro atoms. The molecule has 0 saturated heterocycles. The van der Waals surface area contributed by atoms with Crippen LogP contribution in [0.4, 0.5) is 5.69 Å². The highest BCUT2D eigenvalue weighted by Gasteiger charge is 2.29. The number of hydrogen-bond acceptors (Lipinski definition) is 4. The summed E-state index contributed by atoms with van der Waals surface area (Å²) in [6.07, 6.45) is 1.32. The number of sulfonamides is 1. The highest BCUT2D eigenvalue weighted by molar-refractivity contribution is 7.89. The average molecular weight is 329 g/mol. The van der Waals surface area contributed by atoms with Crippen molar-refractivity contribution >= 4 is 27.3 Å². The zero-order chi connectivity index (χ0) is 15.6. The van der Waals surface area contributed by atoms with E-state index in [9.17, 15) is 8.42 Å². The minimum absolute atomic E-state index is 0.0134. The van der Waals surface area contributed by atoms with Crippen molar-refractivity contribution < 1.29 is 8.42 Å². The predicted molar refractivity (Wildman–Crippen MR) is 82.3 cm³/mol. The summed E-state index contributed by atoms with van der Waals surface area (Å²) in [4.78, 5) is 0. The Bertz CT molecular complexity index is 723. The normalized spacial score (nSPS) is 12.0. The molecule has 2 rings (SSSR count). The van der Waals surface area contributed by atoms with Crippen molar-refractivity contribution in [3.05, 3.63) is 41.0 Å². The Hall–Kier alpha value is -1.57. The molecule has 114 valence electrons. The van der Waals surface area contributed by atoms with Crippen LogP contribution in [0.5, 0.6) is 0 Å². The number of nitrogens with zero attached hydrogens (tertiary/aromatic N) is 3. The minimum Gasteiger partial charge on any atom is -0.398 e. The molecule has 0 aliphatic carbocycles. The van der Waals surface area contributed by atoms with Gasteiger partial charge in [0.15, 0.2) is 5.03 Å². The lowest BCUT2D eigenvalue weighted by Crippen LogP contribution is -2.32. The van der Waals surface area contributed by atoms with Gasteiger partial charge in [-0.2, -0.15) is 9.40 Å². The molecule has 0 radical (unpaired) electrons. The molecule has 2 aromatic rings. The van der Waals surface area contributed by atoms with E-state index < -0.39 is 10.0 Å². The Morgan fingerprint density at radius 3 is 2.57 bits per heavy atom. The van der Waals surface area contributed by atoms with Crippen LogP contribution in [0.25, 0.3) is 0 Å². The number of rotatable bonds is 5. The van der Waals surface area contributed by atoms with Gasteiger partial charge in [0.25, 0.3) is 10.0 Å². The third-order valence-corrected chi connectivity index (χ3v) is 5.61. The van der Waals surface area contributed by atoms with Gasteiger partial charge in [0.05, 0.1) is 11.2 Å². The number of benzene rings is 1. The molecule has 1 aromatic carbocycles. The van der Waals surface area contributed by atoms with E-state index in [2.05, 4.69) is 5.10 Å². The summed E-state index contributed by atoms with van der Waals surface area (Å²) in [5.41, 5.74) is 7.19. The highest BCUT2D eigenvalue weighted by atomic mass is 35.5. The van der Waals surface area contributed by atoms with Gasteiger partial charge in [0.1, 0.15) is 0 Å². The molecule has 1 heterocycles. The third-order valence-electron chi connectivity index (χ3n) is 3.18. The molecule has 21 heavy (non-hydrogen) atoms. The molecule has 0 fully saturated rings. The monoisotopic (exact) mass is 328 g/mol. The molecular weight excluding hydrogens is 312 g/mol. The topological polar surface area (TPSA) is 81.2 Å². The largest absolute Gasteiger partial charge is 0.398 e. The molecule has 0 bridgehead atoms. The molecule has 1 aromatic heterocycles. The van der Waals surface area contributed by atoms with Crippen molar-refractivity contribution in [3.63, 3.8) is 0 Å². The summed E-state index contributed by atoms with van der Waals surface area (Å²) in [7, 11) is -2.19. The molecule has 0 atom stereocenters. The smallest absolute Gasteiger partial charge is 0.262 e. The molecule has 0 aliphatic heterocycles. The van der Waals surface area contributed by atoms with Crippen LogP contribution in [-0.4, -0.2) is 29.0 Å². The van der Waals surface area contributed by atoms with E-state index in [4.69, 9.17) is 17.3 Å². The standard InChI is InChI=1S/C13H17ClN4O2S/c1-3-18(9-10-6-4-5-7-12(10)15)21(19,20)13-11(14)8-16-17(13)2/h4-8H,3,9,15H2,1-2H3. The Labute approximate surface area is 129 Å². The quantitative estimate of drug-likeness (QED) is 0.849. The van der Waals surface area contributed by atoms with E-state index in [1.165, 1.54) is 15.2 Å². The first-order chi connectivity index (χ1) is 9.87. The molecule has 2 N–H and O–H groups in total. The van der Waals surface area contributed by atoms with Crippen molar-refractivity contribution in [2.75, 3.05) is 12.3 Å². The number of hydrogen-bond donors (Lipinski definition) is 1. The second-order valence-electron chi connectivity index (χ2n) is 4.55. The lowest BCUT2D eigenvalue weighted by atomic mass is 10.2. The van der Waals surface area contributed by atoms with E-state index in [1.807, 2.05) is 12.1 Å². The third kappa shape index (κ3) is 3.04. The maximum Gasteiger partial charge on any atom is 0.262 e. The van der Waals surface area contributed by atoms with Crippen LogP contribution in [0.3, 0.4) is 0 Å². The lowest BCUT2D eigenvalue weighted by Gasteiger charge is -2.21. The van der Waals surface area contributed by atoms with Gasteiger partial charge in [0.2, 0.25) is 0 Å². The fourth-order valence-electron chi connectivity index (χ4n) is 2.05. The fourth-order valence-corrected chi connectivity index (χ4v) is 4.08. The van der Waals surface area contributed by atoms with Crippen LogP contribution < -0.4 is 5.73 Å². The summed E-state index contributed by atoms with van der Waals surface area (Å²) < 4.78 is 28.0. The Morgan fingerprint density at radius 1 is 1.38 bits per heavy atom. The van der Waals surface area contributed by atoms with Gasteiger partial charge in [-0.15, -0.1) is 0 Å². The molecule has 0 amide bonds.